The summed E-state index contributed by atoms with van der Waals surface area (Å²) in [5, 5.41) is 16.6. The van der Waals surface area contributed by atoms with Crippen molar-refractivity contribution in [1.82, 2.24) is 20.1 Å². The molecule has 0 aliphatic rings. The predicted octanol–water partition coefficient (Wildman–Crippen LogP) is 2.76. The van der Waals surface area contributed by atoms with Gasteiger partial charge in [-0.1, -0.05) is 48.0 Å². The van der Waals surface area contributed by atoms with E-state index in [1.807, 2.05) is 30.3 Å². The summed E-state index contributed by atoms with van der Waals surface area (Å²) in [6.07, 6.45) is 1.59. The molecule has 6 nitrogen and oxygen atoms in total. The van der Waals surface area contributed by atoms with E-state index >= 15 is 0 Å². The number of halogens is 1. The average molecular weight is 357 g/mol. The van der Waals surface area contributed by atoms with Crippen LogP contribution in [0.5, 0.6) is 0 Å². The Balaban J connectivity index is 1.81. The topological polar surface area (TPSA) is 82.1 Å². The van der Waals surface area contributed by atoms with Crippen LogP contribution in [0, 0.1) is 0 Å². The zero-order valence-corrected chi connectivity index (χ0v) is 14.1. The number of benzene rings is 1. The van der Waals surface area contributed by atoms with Gasteiger partial charge in [0.25, 0.3) is 5.91 Å². The summed E-state index contributed by atoms with van der Waals surface area (Å²) in [5.74, 6) is -0.261. The molecule has 3 aromatic rings. The maximum Gasteiger partial charge on any atom is 0.272 e. The molecule has 0 aliphatic carbocycles. The van der Waals surface area contributed by atoms with Crippen LogP contribution in [0.1, 0.15) is 16.1 Å². The smallest absolute Gasteiger partial charge is 0.272 e. The molecule has 0 radical (unpaired) electrons. The lowest BCUT2D eigenvalue weighted by Crippen LogP contribution is -2.33. The fourth-order valence-corrected chi connectivity index (χ4v) is 2.65. The zero-order chi connectivity index (χ0) is 17.6. The standard InChI is InChI=1S/C18H17ClN4O2/c19-17-14(7-4-8-20-17)12-23(9-10-24)18(25)16-11-15(21-22-16)13-5-2-1-3-6-13/h1-8,11,24H,9-10,12H2,(H,21,22). The molecule has 25 heavy (non-hydrogen) atoms. The number of pyridine rings is 1. The lowest BCUT2D eigenvalue weighted by molar-refractivity contribution is 0.0702. The third-order valence-electron chi connectivity index (χ3n) is 3.73. The zero-order valence-electron chi connectivity index (χ0n) is 13.4. The molecule has 2 heterocycles. The number of rotatable bonds is 6. The van der Waals surface area contributed by atoms with E-state index in [2.05, 4.69) is 15.2 Å². The van der Waals surface area contributed by atoms with E-state index in [9.17, 15) is 9.90 Å². The fraction of sp³-hybridized carbons (Fsp3) is 0.167. The predicted molar refractivity (Wildman–Crippen MR) is 95.1 cm³/mol. The van der Waals surface area contributed by atoms with Gasteiger partial charge in [0, 0.05) is 30.4 Å². The van der Waals surface area contributed by atoms with Crippen LogP contribution in [-0.4, -0.2) is 44.2 Å². The van der Waals surface area contributed by atoms with E-state index in [-0.39, 0.29) is 25.6 Å². The van der Waals surface area contributed by atoms with Crippen LogP contribution in [-0.2, 0) is 6.54 Å². The highest BCUT2D eigenvalue weighted by Gasteiger charge is 2.19. The number of aromatic nitrogens is 3. The summed E-state index contributed by atoms with van der Waals surface area (Å²) in [4.78, 5) is 18.3. The van der Waals surface area contributed by atoms with Crippen LogP contribution >= 0.6 is 11.6 Å². The number of carbonyl (C=O) groups excluding carboxylic acids is 1. The van der Waals surface area contributed by atoms with Crippen molar-refractivity contribution in [3.8, 4) is 11.3 Å². The summed E-state index contributed by atoms with van der Waals surface area (Å²) in [6, 6.07) is 14.8. The molecule has 0 fully saturated rings. The van der Waals surface area contributed by atoms with Gasteiger partial charge < -0.3 is 10.0 Å². The number of amides is 1. The van der Waals surface area contributed by atoms with E-state index in [0.717, 1.165) is 5.56 Å². The number of aliphatic hydroxyl groups excluding tert-OH is 1. The molecule has 0 unspecified atom stereocenters. The van der Waals surface area contributed by atoms with E-state index in [4.69, 9.17) is 11.6 Å². The number of hydrogen-bond donors (Lipinski definition) is 2. The van der Waals surface area contributed by atoms with Gasteiger partial charge in [0.05, 0.1) is 12.3 Å². The molecule has 0 saturated heterocycles. The van der Waals surface area contributed by atoms with Crippen molar-refractivity contribution in [2.45, 2.75) is 6.54 Å². The number of hydrogen-bond acceptors (Lipinski definition) is 4. The second-order valence-corrected chi connectivity index (χ2v) is 5.79. The molecule has 0 atom stereocenters. The van der Waals surface area contributed by atoms with Crippen LogP contribution < -0.4 is 0 Å². The molecular weight excluding hydrogens is 340 g/mol. The molecule has 7 heteroatoms. The minimum atomic E-state index is -0.261. The van der Waals surface area contributed by atoms with Gasteiger partial charge in [-0.15, -0.1) is 0 Å². The van der Waals surface area contributed by atoms with Gasteiger partial charge in [-0.2, -0.15) is 5.10 Å². The summed E-state index contributed by atoms with van der Waals surface area (Å²) < 4.78 is 0. The molecule has 0 bridgehead atoms. The van der Waals surface area contributed by atoms with Gasteiger partial charge in [0.2, 0.25) is 0 Å². The first-order valence-electron chi connectivity index (χ1n) is 7.79. The normalized spacial score (nSPS) is 10.6. The number of H-pyrrole nitrogens is 1. The van der Waals surface area contributed by atoms with Gasteiger partial charge in [0.15, 0.2) is 0 Å². The molecule has 2 aromatic heterocycles. The molecule has 0 spiro atoms. The Labute approximate surface area is 150 Å². The summed E-state index contributed by atoms with van der Waals surface area (Å²) >= 11 is 6.07. The van der Waals surface area contributed by atoms with Gasteiger partial charge in [-0.3, -0.25) is 9.89 Å². The fourth-order valence-electron chi connectivity index (χ4n) is 2.47. The quantitative estimate of drug-likeness (QED) is 0.665. The van der Waals surface area contributed by atoms with Crippen molar-refractivity contribution >= 4 is 17.5 Å². The van der Waals surface area contributed by atoms with Crippen LogP contribution in [0.2, 0.25) is 5.15 Å². The number of nitrogens with one attached hydrogen (secondary N) is 1. The minimum absolute atomic E-state index is 0.150. The maximum absolute atomic E-state index is 12.8. The average Bonchev–Trinajstić information content (AvgIpc) is 3.13. The van der Waals surface area contributed by atoms with Gasteiger partial charge in [-0.05, 0) is 12.1 Å². The third kappa shape index (κ3) is 4.04. The summed E-state index contributed by atoms with van der Waals surface area (Å²) in [6.45, 7) is 0.290. The molecular formula is C18H17ClN4O2. The highest BCUT2D eigenvalue weighted by molar-refractivity contribution is 6.30. The molecule has 2 N–H and O–H groups in total. The largest absolute Gasteiger partial charge is 0.395 e. The van der Waals surface area contributed by atoms with Crippen LogP contribution in [0.3, 0.4) is 0 Å². The monoisotopic (exact) mass is 356 g/mol. The molecule has 128 valence electrons. The van der Waals surface area contributed by atoms with Crippen molar-refractivity contribution in [3.63, 3.8) is 0 Å². The van der Waals surface area contributed by atoms with Gasteiger partial charge >= 0.3 is 0 Å². The summed E-state index contributed by atoms with van der Waals surface area (Å²) in [5.41, 5.74) is 2.68. The van der Waals surface area contributed by atoms with E-state index in [1.54, 1.807) is 24.4 Å². The number of aromatic amines is 1. The first kappa shape index (κ1) is 17.1. The van der Waals surface area contributed by atoms with Crippen LogP contribution in [0.25, 0.3) is 11.3 Å². The molecule has 0 saturated carbocycles. The van der Waals surface area contributed by atoms with E-state index < -0.39 is 0 Å². The van der Waals surface area contributed by atoms with Crippen molar-refractivity contribution in [2.24, 2.45) is 0 Å². The number of nitrogens with zero attached hydrogens (tertiary/aromatic N) is 3. The molecule has 1 amide bonds. The molecule has 0 aliphatic heterocycles. The Bertz CT molecular complexity index is 851. The van der Waals surface area contributed by atoms with Gasteiger partial charge in [-0.25, -0.2) is 4.98 Å². The van der Waals surface area contributed by atoms with Crippen molar-refractivity contribution in [1.29, 1.82) is 0 Å². The second-order valence-electron chi connectivity index (χ2n) is 5.44. The van der Waals surface area contributed by atoms with Gasteiger partial charge in [0.1, 0.15) is 10.8 Å². The third-order valence-corrected chi connectivity index (χ3v) is 4.07. The first-order chi connectivity index (χ1) is 12.2. The Morgan fingerprint density at radius 1 is 1.20 bits per heavy atom. The lowest BCUT2D eigenvalue weighted by Gasteiger charge is -2.21. The maximum atomic E-state index is 12.8. The Morgan fingerprint density at radius 2 is 2.00 bits per heavy atom. The Morgan fingerprint density at radius 3 is 2.72 bits per heavy atom. The SMILES string of the molecule is O=C(c1cc(-c2ccccc2)n[nH]1)N(CCO)Cc1cccnc1Cl. The highest BCUT2D eigenvalue weighted by atomic mass is 35.5. The first-order valence-corrected chi connectivity index (χ1v) is 8.17. The highest BCUT2D eigenvalue weighted by Crippen LogP contribution is 2.19. The lowest BCUT2D eigenvalue weighted by atomic mass is 10.1. The van der Waals surface area contributed by atoms with Crippen molar-refractivity contribution in [3.05, 3.63) is 71.1 Å². The second kappa shape index (κ2) is 7.92. The van der Waals surface area contributed by atoms with E-state index in [0.29, 0.717) is 22.1 Å². The number of aliphatic hydroxyl groups is 1. The molecule has 1 aromatic carbocycles. The van der Waals surface area contributed by atoms with Crippen LogP contribution in [0.15, 0.2) is 54.7 Å². The van der Waals surface area contributed by atoms with Crippen molar-refractivity contribution < 1.29 is 9.90 Å². The number of carbonyl (C=O) groups is 1. The van der Waals surface area contributed by atoms with Crippen LogP contribution in [0.4, 0.5) is 0 Å². The minimum Gasteiger partial charge on any atom is -0.395 e. The molecule has 3 rings (SSSR count). The Hall–Kier alpha value is -2.70. The summed E-state index contributed by atoms with van der Waals surface area (Å²) in [7, 11) is 0. The van der Waals surface area contributed by atoms with E-state index in [1.165, 1.54) is 4.90 Å². The Kier molecular flexibility index (Phi) is 5.42. The van der Waals surface area contributed by atoms with Crippen molar-refractivity contribution in [2.75, 3.05) is 13.2 Å².